The lowest BCUT2D eigenvalue weighted by atomic mass is 9.60. The molecule has 0 aromatic heterocycles. The molecule has 0 amide bonds. The van der Waals surface area contributed by atoms with Crippen LogP contribution in [0.5, 0.6) is 0 Å². The molecular formula is C28H46O2. The standard InChI is InChI=1S/C28H46O2/c1-18(2)19(3)9-10-20(4)25-13-14-26-22(8-7-15-28(25,26)6)11-12-23-16-24(29)17-27(30)21(23)5/h11-12,18-20,24-27,29-30H,5,7-10,13-17H2,1-4,6H3/b22-11+,23-12-/t19-,20+,24-,25?,26?,27?,28?/m0/s1. The van der Waals surface area contributed by atoms with Crippen molar-refractivity contribution in [3.8, 4) is 0 Å². The summed E-state index contributed by atoms with van der Waals surface area (Å²) in [7, 11) is 0. The molecular weight excluding hydrogens is 368 g/mol. The molecule has 0 saturated heterocycles. The minimum Gasteiger partial charge on any atom is -0.393 e. The van der Waals surface area contributed by atoms with E-state index in [2.05, 4.69) is 53.3 Å². The van der Waals surface area contributed by atoms with Crippen LogP contribution < -0.4 is 0 Å². The van der Waals surface area contributed by atoms with E-state index in [9.17, 15) is 10.2 Å². The summed E-state index contributed by atoms with van der Waals surface area (Å²) in [4.78, 5) is 0. The summed E-state index contributed by atoms with van der Waals surface area (Å²) in [5.41, 5.74) is 3.87. The Morgan fingerprint density at radius 1 is 1.10 bits per heavy atom. The number of hydrogen-bond donors (Lipinski definition) is 2. The summed E-state index contributed by atoms with van der Waals surface area (Å²) in [6.07, 6.45) is 13.8. The minimum atomic E-state index is -0.597. The molecule has 170 valence electrons. The molecule has 0 spiro atoms. The van der Waals surface area contributed by atoms with Crippen LogP contribution in [0.15, 0.2) is 35.5 Å². The van der Waals surface area contributed by atoms with Crippen LogP contribution in [0.4, 0.5) is 0 Å². The second-order valence-corrected chi connectivity index (χ2v) is 11.4. The molecule has 7 atom stereocenters. The topological polar surface area (TPSA) is 40.5 Å². The highest BCUT2D eigenvalue weighted by atomic mass is 16.3. The molecule has 0 aliphatic heterocycles. The monoisotopic (exact) mass is 414 g/mol. The van der Waals surface area contributed by atoms with Gasteiger partial charge in [0.1, 0.15) is 0 Å². The first-order valence-electron chi connectivity index (χ1n) is 12.6. The number of rotatable bonds is 6. The van der Waals surface area contributed by atoms with Crippen molar-refractivity contribution in [3.05, 3.63) is 35.5 Å². The number of aliphatic hydroxyl groups excluding tert-OH is 2. The van der Waals surface area contributed by atoms with E-state index >= 15 is 0 Å². The molecule has 0 aromatic rings. The molecule has 30 heavy (non-hydrogen) atoms. The van der Waals surface area contributed by atoms with Gasteiger partial charge in [-0.1, -0.05) is 71.8 Å². The summed E-state index contributed by atoms with van der Waals surface area (Å²) in [5.74, 6) is 3.95. The lowest BCUT2D eigenvalue weighted by Crippen LogP contribution is -2.36. The largest absolute Gasteiger partial charge is 0.393 e. The van der Waals surface area contributed by atoms with E-state index in [-0.39, 0.29) is 0 Å². The SMILES string of the molecule is C=C1/C(=C\C=C2/CCCC3(C)C2CCC3[C@H](C)CC[C@H](C)C(C)C)C[C@H](O)CC1O. The second kappa shape index (κ2) is 9.74. The van der Waals surface area contributed by atoms with E-state index in [0.717, 1.165) is 34.8 Å². The molecule has 2 N–H and O–H groups in total. The van der Waals surface area contributed by atoms with E-state index in [1.165, 1.54) is 44.9 Å². The fraction of sp³-hybridized carbons (Fsp3) is 0.786. The molecule has 0 aromatic carbocycles. The Balaban J connectivity index is 1.72. The maximum Gasteiger partial charge on any atom is 0.0811 e. The third-order valence-electron chi connectivity index (χ3n) is 9.20. The highest BCUT2D eigenvalue weighted by molar-refractivity contribution is 5.38. The maximum atomic E-state index is 10.1. The van der Waals surface area contributed by atoms with E-state index in [1.54, 1.807) is 5.57 Å². The van der Waals surface area contributed by atoms with Gasteiger partial charge in [0.2, 0.25) is 0 Å². The van der Waals surface area contributed by atoms with Gasteiger partial charge in [0, 0.05) is 6.42 Å². The average molecular weight is 415 g/mol. The number of allylic oxidation sites excluding steroid dienone is 3. The number of fused-ring (bicyclic) bond motifs is 1. The van der Waals surface area contributed by atoms with Crippen LogP contribution in [0, 0.1) is 35.0 Å². The fourth-order valence-electron chi connectivity index (χ4n) is 6.74. The van der Waals surface area contributed by atoms with Gasteiger partial charge in [-0.25, -0.2) is 0 Å². The predicted molar refractivity (Wildman–Crippen MR) is 127 cm³/mol. The molecule has 3 fully saturated rings. The van der Waals surface area contributed by atoms with Crippen LogP contribution in [0.3, 0.4) is 0 Å². The summed E-state index contributed by atoms with van der Waals surface area (Å²) in [6.45, 7) is 16.3. The smallest absolute Gasteiger partial charge is 0.0811 e. The van der Waals surface area contributed by atoms with Gasteiger partial charge < -0.3 is 10.2 Å². The van der Waals surface area contributed by atoms with Gasteiger partial charge in [0.15, 0.2) is 0 Å². The summed E-state index contributed by atoms with van der Waals surface area (Å²) >= 11 is 0. The molecule has 3 aliphatic rings. The average Bonchev–Trinajstić information content (AvgIpc) is 3.04. The molecule has 2 heteroatoms. The van der Waals surface area contributed by atoms with Crippen molar-refractivity contribution in [2.45, 2.75) is 105 Å². The molecule has 0 heterocycles. The van der Waals surface area contributed by atoms with Gasteiger partial charge in [-0.2, -0.15) is 0 Å². The van der Waals surface area contributed by atoms with Gasteiger partial charge >= 0.3 is 0 Å². The zero-order chi connectivity index (χ0) is 22.1. The minimum absolute atomic E-state index is 0.419. The third kappa shape index (κ3) is 4.96. The first kappa shape index (κ1) is 23.8. The summed E-state index contributed by atoms with van der Waals surface area (Å²) < 4.78 is 0. The van der Waals surface area contributed by atoms with Gasteiger partial charge in [-0.05, 0) is 84.7 Å². The first-order chi connectivity index (χ1) is 14.1. The molecule has 0 bridgehead atoms. The van der Waals surface area contributed by atoms with Crippen LogP contribution in [0.1, 0.15) is 92.4 Å². The molecule has 0 radical (unpaired) electrons. The second-order valence-electron chi connectivity index (χ2n) is 11.4. The highest BCUT2D eigenvalue weighted by Gasteiger charge is 2.50. The Morgan fingerprint density at radius 3 is 2.53 bits per heavy atom. The van der Waals surface area contributed by atoms with E-state index < -0.39 is 12.2 Å². The van der Waals surface area contributed by atoms with Crippen molar-refractivity contribution in [2.24, 2.45) is 35.0 Å². The Hall–Kier alpha value is -0.860. The van der Waals surface area contributed by atoms with Gasteiger partial charge in [-0.3, -0.25) is 0 Å². The Kier molecular flexibility index (Phi) is 7.72. The van der Waals surface area contributed by atoms with Gasteiger partial charge in [0.25, 0.3) is 0 Å². The maximum absolute atomic E-state index is 10.1. The number of hydrogen-bond acceptors (Lipinski definition) is 2. The lowest BCUT2D eigenvalue weighted by Gasteiger charge is -2.44. The molecule has 3 rings (SSSR count). The van der Waals surface area contributed by atoms with Crippen LogP contribution in [0.2, 0.25) is 0 Å². The summed E-state index contributed by atoms with van der Waals surface area (Å²) in [5, 5.41) is 20.2. The van der Waals surface area contributed by atoms with Gasteiger partial charge in [0.05, 0.1) is 12.2 Å². The Labute approximate surface area is 185 Å². The molecule has 3 saturated carbocycles. The van der Waals surface area contributed by atoms with Crippen molar-refractivity contribution in [2.75, 3.05) is 0 Å². The zero-order valence-electron chi connectivity index (χ0n) is 20.2. The van der Waals surface area contributed by atoms with Crippen LogP contribution >= 0.6 is 0 Å². The van der Waals surface area contributed by atoms with Crippen molar-refractivity contribution in [1.29, 1.82) is 0 Å². The van der Waals surface area contributed by atoms with Crippen LogP contribution in [0.25, 0.3) is 0 Å². The first-order valence-corrected chi connectivity index (χ1v) is 12.6. The van der Waals surface area contributed by atoms with E-state index in [4.69, 9.17) is 0 Å². The third-order valence-corrected chi connectivity index (χ3v) is 9.20. The van der Waals surface area contributed by atoms with Crippen molar-refractivity contribution in [3.63, 3.8) is 0 Å². The quantitative estimate of drug-likeness (QED) is 0.500. The molecule has 4 unspecified atom stereocenters. The number of aliphatic hydroxyl groups is 2. The molecule has 2 nitrogen and oxygen atoms in total. The van der Waals surface area contributed by atoms with Crippen LogP contribution in [-0.4, -0.2) is 22.4 Å². The van der Waals surface area contributed by atoms with Crippen molar-refractivity contribution < 1.29 is 10.2 Å². The zero-order valence-corrected chi connectivity index (χ0v) is 20.2. The van der Waals surface area contributed by atoms with E-state index in [1.807, 2.05) is 0 Å². The van der Waals surface area contributed by atoms with Crippen LogP contribution in [-0.2, 0) is 0 Å². The predicted octanol–water partition coefficient (Wildman–Crippen LogP) is 6.84. The van der Waals surface area contributed by atoms with E-state index in [0.29, 0.717) is 24.2 Å². The van der Waals surface area contributed by atoms with Crippen molar-refractivity contribution in [1.82, 2.24) is 0 Å². The fourth-order valence-corrected chi connectivity index (χ4v) is 6.74. The Morgan fingerprint density at radius 2 is 1.83 bits per heavy atom. The van der Waals surface area contributed by atoms with Crippen molar-refractivity contribution >= 4 is 0 Å². The highest BCUT2D eigenvalue weighted by Crippen LogP contribution is 2.60. The summed E-state index contributed by atoms with van der Waals surface area (Å²) in [6, 6.07) is 0. The molecule has 3 aliphatic carbocycles. The lowest BCUT2D eigenvalue weighted by molar-refractivity contribution is 0.0861. The van der Waals surface area contributed by atoms with Gasteiger partial charge in [-0.15, -0.1) is 0 Å². The normalized spacial score (nSPS) is 39.5. The Bertz CT molecular complexity index is 672.